The van der Waals surface area contributed by atoms with Crippen LogP contribution in [0.5, 0.6) is 0 Å². The van der Waals surface area contributed by atoms with Crippen molar-refractivity contribution < 1.29 is 9.18 Å². The smallest absolute Gasteiger partial charge is 0.238 e. The minimum Gasteiger partial charge on any atom is -0.339 e. The van der Waals surface area contributed by atoms with Crippen LogP contribution in [0.4, 0.5) is 4.39 Å². The molecule has 3 aromatic rings. The molecule has 1 aliphatic heterocycles. The highest BCUT2D eigenvalue weighted by Gasteiger charge is 2.43. The quantitative estimate of drug-likeness (QED) is 0.629. The number of carbonyl (C=O) groups excluding carboxylic acids is 1. The number of hydrogen-bond donors (Lipinski definition) is 2. The van der Waals surface area contributed by atoms with Crippen molar-refractivity contribution in [2.45, 2.75) is 43.8 Å². The first-order chi connectivity index (χ1) is 15.6. The first-order valence-electron chi connectivity index (χ1n) is 11.0. The first-order valence-corrected chi connectivity index (χ1v) is 11.0. The predicted molar refractivity (Wildman–Crippen MR) is 118 cm³/mol. The van der Waals surface area contributed by atoms with Crippen molar-refractivity contribution in [1.29, 1.82) is 5.26 Å². The number of rotatable bonds is 6. The van der Waals surface area contributed by atoms with Crippen LogP contribution < -0.4 is 10.6 Å². The molecule has 7 heteroatoms. The van der Waals surface area contributed by atoms with Gasteiger partial charge in [-0.2, -0.15) is 10.4 Å². The summed E-state index contributed by atoms with van der Waals surface area (Å²) >= 11 is 0. The lowest BCUT2D eigenvalue weighted by atomic mass is 9.98. The van der Waals surface area contributed by atoms with Crippen LogP contribution >= 0.6 is 0 Å². The highest BCUT2D eigenvalue weighted by Crippen LogP contribution is 2.35. The van der Waals surface area contributed by atoms with E-state index in [1.54, 1.807) is 16.9 Å². The van der Waals surface area contributed by atoms with Crippen molar-refractivity contribution in [3.05, 3.63) is 72.3 Å². The van der Waals surface area contributed by atoms with Crippen molar-refractivity contribution in [1.82, 2.24) is 20.4 Å². The van der Waals surface area contributed by atoms with E-state index in [9.17, 15) is 14.4 Å². The molecule has 2 unspecified atom stereocenters. The van der Waals surface area contributed by atoms with Gasteiger partial charge in [-0.05, 0) is 54.5 Å². The number of fused-ring (bicyclic) bond motifs is 2. The Bertz CT molecular complexity index is 1170. The molecule has 1 saturated heterocycles. The third-order valence-electron chi connectivity index (χ3n) is 6.53. The van der Waals surface area contributed by atoms with Gasteiger partial charge >= 0.3 is 0 Å². The molecule has 2 bridgehead atoms. The lowest BCUT2D eigenvalue weighted by molar-refractivity contribution is -0.124. The number of aromatic nitrogens is 2. The van der Waals surface area contributed by atoms with Crippen LogP contribution in [-0.4, -0.2) is 33.8 Å². The molecular formula is C25H24FN5O. The molecule has 1 amide bonds. The zero-order valence-electron chi connectivity index (χ0n) is 17.5. The summed E-state index contributed by atoms with van der Waals surface area (Å²) in [6, 6.07) is 16.2. The highest BCUT2D eigenvalue weighted by molar-refractivity contribution is 5.83. The molecule has 1 saturated carbocycles. The average Bonchev–Trinajstić information content (AvgIpc) is 3.57. The molecule has 1 aromatic heterocycles. The number of halogens is 1. The first kappa shape index (κ1) is 20.4. The summed E-state index contributed by atoms with van der Waals surface area (Å²) in [5, 5.41) is 20.0. The Balaban J connectivity index is 1.26. The van der Waals surface area contributed by atoms with Gasteiger partial charge in [0.15, 0.2) is 0 Å². The summed E-state index contributed by atoms with van der Waals surface area (Å²) in [6.07, 6.45) is 6.85. The molecule has 6 nitrogen and oxygen atoms in total. The molecule has 32 heavy (non-hydrogen) atoms. The van der Waals surface area contributed by atoms with Gasteiger partial charge in [-0.1, -0.05) is 30.3 Å². The largest absolute Gasteiger partial charge is 0.339 e. The number of benzene rings is 2. The average molecular weight is 429 g/mol. The van der Waals surface area contributed by atoms with Crippen LogP contribution in [0.1, 0.15) is 24.8 Å². The van der Waals surface area contributed by atoms with Crippen molar-refractivity contribution >= 4 is 5.91 Å². The number of para-hydroxylation sites is 1. The summed E-state index contributed by atoms with van der Waals surface area (Å²) in [6.45, 7) is 0. The molecule has 2 heterocycles. The summed E-state index contributed by atoms with van der Waals surface area (Å²) in [7, 11) is 0. The molecule has 2 aromatic carbocycles. The fourth-order valence-electron chi connectivity index (χ4n) is 4.85. The van der Waals surface area contributed by atoms with Crippen LogP contribution in [0.3, 0.4) is 0 Å². The Hall–Kier alpha value is -3.50. The van der Waals surface area contributed by atoms with Gasteiger partial charge < -0.3 is 10.6 Å². The number of amides is 1. The molecule has 162 valence electrons. The van der Waals surface area contributed by atoms with E-state index in [0.29, 0.717) is 23.1 Å². The molecule has 0 spiro atoms. The molecule has 1 aliphatic carbocycles. The van der Waals surface area contributed by atoms with Gasteiger partial charge in [-0.3, -0.25) is 4.79 Å². The normalized spacial score (nSPS) is 22.4. The zero-order chi connectivity index (χ0) is 22.1. The van der Waals surface area contributed by atoms with E-state index in [4.69, 9.17) is 0 Å². The van der Waals surface area contributed by atoms with E-state index in [-0.39, 0.29) is 18.4 Å². The fourth-order valence-corrected chi connectivity index (χ4v) is 4.85. The van der Waals surface area contributed by atoms with Gasteiger partial charge in [0.2, 0.25) is 5.91 Å². The maximum Gasteiger partial charge on any atom is 0.238 e. The van der Waals surface area contributed by atoms with Gasteiger partial charge in [0.1, 0.15) is 11.9 Å². The van der Waals surface area contributed by atoms with Crippen LogP contribution in [-0.2, 0) is 11.2 Å². The molecule has 2 N–H and O–H groups in total. The van der Waals surface area contributed by atoms with Crippen LogP contribution in [0.2, 0.25) is 0 Å². The summed E-state index contributed by atoms with van der Waals surface area (Å²) < 4.78 is 16.6. The van der Waals surface area contributed by atoms with E-state index in [1.807, 2.05) is 42.6 Å². The fraction of sp³-hybridized carbons (Fsp3) is 0.320. The van der Waals surface area contributed by atoms with E-state index < -0.39 is 11.9 Å². The summed E-state index contributed by atoms with van der Waals surface area (Å²) in [5.74, 6) is -0.219. The molecular weight excluding hydrogens is 405 g/mol. The number of nitrogens with one attached hydrogen (secondary N) is 2. The van der Waals surface area contributed by atoms with Crippen molar-refractivity contribution in [2.24, 2.45) is 5.92 Å². The van der Waals surface area contributed by atoms with E-state index in [2.05, 4.69) is 21.8 Å². The predicted octanol–water partition coefficient (Wildman–Crippen LogP) is 3.37. The Kier molecular flexibility index (Phi) is 5.46. The second kappa shape index (κ2) is 8.56. The monoisotopic (exact) mass is 429 g/mol. The minimum absolute atomic E-state index is 0.123. The van der Waals surface area contributed by atoms with Gasteiger partial charge in [-0.15, -0.1) is 0 Å². The zero-order valence-corrected chi connectivity index (χ0v) is 17.5. The molecule has 2 aliphatic rings. The van der Waals surface area contributed by atoms with E-state index in [1.165, 1.54) is 6.07 Å². The van der Waals surface area contributed by atoms with Gasteiger partial charge in [0, 0.05) is 24.2 Å². The molecule has 0 radical (unpaired) electrons. The standard InChI is InChI=1S/C25H24FN5O/c26-23-12-16(19-14-28-31(15-19)22-4-2-1-3-5-22)6-7-17(23)10-21(13-27)30-25(32)24-18-8-9-20(11-18)29-24/h1-7,12,14-15,18,20-21,24,29H,8-11H2,(H,30,32)/t18?,20-,21?,24+/m1/s1. The van der Waals surface area contributed by atoms with Gasteiger partial charge in [-0.25, -0.2) is 9.07 Å². The Morgan fingerprint density at radius 3 is 2.78 bits per heavy atom. The van der Waals surface area contributed by atoms with Crippen LogP contribution in [0.25, 0.3) is 16.8 Å². The number of carbonyl (C=O) groups is 1. The number of nitrogens with zero attached hydrogens (tertiary/aromatic N) is 3. The topological polar surface area (TPSA) is 82.7 Å². The van der Waals surface area contributed by atoms with Crippen molar-refractivity contribution in [3.63, 3.8) is 0 Å². The lowest BCUT2D eigenvalue weighted by Gasteiger charge is -2.23. The Labute approximate surface area is 186 Å². The minimum atomic E-state index is -0.774. The molecule has 5 rings (SSSR count). The number of hydrogen-bond acceptors (Lipinski definition) is 4. The molecule has 4 atom stereocenters. The van der Waals surface area contributed by atoms with Gasteiger partial charge in [0.25, 0.3) is 0 Å². The molecule has 2 fully saturated rings. The summed E-state index contributed by atoms with van der Waals surface area (Å²) in [5.41, 5.74) is 2.83. The lowest BCUT2D eigenvalue weighted by Crippen LogP contribution is -2.50. The van der Waals surface area contributed by atoms with E-state index >= 15 is 0 Å². The van der Waals surface area contributed by atoms with Crippen LogP contribution in [0, 0.1) is 23.1 Å². The number of nitriles is 1. The second-order valence-electron chi connectivity index (χ2n) is 8.62. The maximum absolute atomic E-state index is 14.9. The van der Waals surface area contributed by atoms with Gasteiger partial charge in [0.05, 0.1) is 24.0 Å². The third-order valence-corrected chi connectivity index (χ3v) is 6.53. The van der Waals surface area contributed by atoms with Crippen molar-refractivity contribution in [2.75, 3.05) is 0 Å². The maximum atomic E-state index is 14.9. The Morgan fingerprint density at radius 2 is 2.09 bits per heavy atom. The Morgan fingerprint density at radius 1 is 1.25 bits per heavy atom. The third kappa shape index (κ3) is 4.02. The van der Waals surface area contributed by atoms with E-state index in [0.717, 1.165) is 30.5 Å². The second-order valence-corrected chi connectivity index (χ2v) is 8.62. The highest BCUT2D eigenvalue weighted by atomic mass is 19.1. The number of piperidine rings is 1. The van der Waals surface area contributed by atoms with Crippen LogP contribution in [0.15, 0.2) is 60.9 Å². The van der Waals surface area contributed by atoms with Crippen molar-refractivity contribution in [3.8, 4) is 22.9 Å². The SMILES string of the molecule is N#CC(Cc1ccc(-c2cnn(-c3ccccc3)c2)cc1F)NC(=O)[C@H]1N[C@@H]2CCC1C2. The summed E-state index contributed by atoms with van der Waals surface area (Å²) in [4.78, 5) is 12.6.